The van der Waals surface area contributed by atoms with Gasteiger partial charge in [0.05, 0.1) is 32.5 Å². The lowest BCUT2D eigenvalue weighted by atomic mass is 10.1. The summed E-state index contributed by atoms with van der Waals surface area (Å²) in [4.78, 5) is 0. The van der Waals surface area contributed by atoms with Gasteiger partial charge in [0.1, 0.15) is 5.75 Å². The molecule has 0 saturated carbocycles. The van der Waals surface area contributed by atoms with Crippen molar-refractivity contribution in [2.24, 2.45) is 0 Å². The summed E-state index contributed by atoms with van der Waals surface area (Å²) in [5.41, 5.74) is 2.24. The van der Waals surface area contributed by atoms with Crippen molar-refractivity contribution >= 4 is 0 Å². The third kappa shape index (κ3) is 5.44. The van der Waals surface area contributed by atoms with Crippen LogP contribution < -0.4 is 4.74 Å². The Bertz CT molecular complexity index is 470. The van der Waals surface area contributed by atoms with Crippen molar-refractivity contribution in [3.63, 3.8) is 0 Å². The molecule has 1 saturated heterocycles. The summed E-state index contributed by atoms with van der Waals surface area (Å²) in [6.45, 7) is 7.34. The molecule has 2 rings (SSSR count). The largest absolute Gasteiger partial charge is 0.497 e. The highest BCUT2D eigenvalue weighted by molar-refractivity contribution is 5.26. The SMILES string of the molecule is COc1ccc(COC/C(C)=C/C2O[C@H](C)C[C@H](C)O2)cc1. The van der Waals surface area contributed by atoms with Crippen LogP contribution in [0.25, 0.3) is 0 Å². The van der Waals surface area contributed by atoms with Crippen molar-refractivity contribution < 1.29 is 18.9 Å². The smallest absolute Gasteiger partial charge is 0.177 e. The first-order valence-electron chi connectivity index (χ1n) is 7.75. The highest BCUT2D eigenvalue weighted by Crippen LogP contribution is 2.19. The quantitative estimate of drug-likeness (QED) is 0.751. The second-order valence-corrected chi connectivity index (χ2v) is 5.85. The molecule has 1 heterocycles. The van der Waals surface area contributed by atoms with Crippen LogP contribution in [0.2, 0.25) is 0 Å². The first-order valence-corrected chi connectivity index (χ1v) is 7.75. The van der Waals surface area contributed by atoms with Crippen LogP contribution in [0.15, 0.2) is 35.9 Å². The van der Waals surface area contributed by atoms with Crippen molar-refractivity contribution in [3.8, 4) is 5.75 Å². The molecule has 0 radical (unpaired) electrons. The Kier molecular flexibility index (Phi) is 6.43. The Morgan fingerprint density at radius 3 is 2.41 bits per heavy atom. The van der Waals surface area contributed by atoms with Gasteiger partial charge in [-0.25, -0.2) is 0 Å². The third-order valence-electron chi connectivity index (χ3n) is 3.57. The second kappa shape index (κ2) is 8.32. The molecule has 0 aromatic heterocycles. The number of methoxy groups -OCH3 is 1. The van der Waals surface area contributed by atoms with Gasteiger partial charge in [0.15, 0.2) is 6.29 Å². The minimum Gasteiger partial charge on any atom is -0.497 e. The number of hydrogen-bond donors (Lipinski definition) is 0. The second-order valence-electron chi connectivity index (χ2n) is 5.85. The molecule has 0 amide bonds. The van der Waals surface area contributed by atoms with Gasteiger partial charge in [-0.3, -0.25) is 0 Å². The van der Waals surface area contributed by atoms with E-state index in [4.69, 9.17) is 18.9 Å². The highest BCUT2D eigenvalue weighted by atomic mass is 16.7. The predicted molar refractivity (Wildman–Crippen MR) is 85.9 cm³/mol. The zero-order valence-electron chi connectivity index (χ0n) is 13.9. The summed E-state index contributed by atoms with van der Waals surface area (Å²) < 4.78 is 22.4. The van der Waals surface area contributed by atoms with Gasteiger partial charge in [0.2, 0.25) is 0 Å². The average molecular weight is 306 g/mol. The summed E-state index contributed by atoms with van der Waals surface area (Å²) >= 11 is 0. The lowest BCUT2D eigenvalue weighted by molar-refractivity contribution is -0.210. The lowest BCUT2D eigenvalue weighted by Crippen LogP contribution is -2.34. The Labute approximate surface area is 133 Å². The number of hydrogen-bond acceptors (Lipinski definition) is 4. The standard InChI is InChI=1S/C18H26O4/c1-13(9-18-21-14(2)10-15(3)22-18)11-20-12-16-5-7-17(19-4)8-6-16/h5-9,14-15,18H,10-12H2,1-4H3/b13-9+/t14-,15+,18?. The molecular weight excluding hydrogens is 280 g/mol. The van der Waals surface area contributed by atoms with Gasteiger partial charge in [-0.05, 0) is 56.5 Å². The fraction of sp³-hybridized carbons (Fsp3) is 0.556. The van der Waals surface area contributed by atoms with Gasteiger partial charge in [0.25, 0.3) is 0 Å². The van der Waals surface area contributed by atoms with Gasteiger partial charge >= 0.3 is 0 Å². The van der Waals surface area contributed by atoms with Crippen molar-refractivity contribution in [3.05, 3.63) is 41.5 Å². The Balaban J connectivity index is 1.76. The van der Waals surface area contributed by atoms with Crippen LogP contribution in [0.3, 0.4) is 0 Å². The molecule has 1 unspecified atom stereocenters. The van der Waals surface area contributed by atoms with E-state index in [0.717, 1.165) is 23.3 Å². The summed E-state index contributed by atoms with van der Waals surface area (Å²) in [5, 5.41) is 0. The highest BCUT2D eigenvalue weighted by Gasteiger charge is 2.23. The van der Waals surface area contributed by atoms with E-state index in [2.05, 4.69) is 13.8 Å². The minimum absolute atomic E-state index is 0.234. The number of rotatable bonds is 6. The fourth-order valence-electron chi connectivity index (χ4n) is 2.48. The van der Waals surface area contributed by atoms with Crippen molar-refractivity contribution in [1.82, 2.24) is 0 Å². The summed E-state index contributed by atoms with van der Waals surface area (Å²) in [6, 6.07) is 7.89. The summed E-state index contributed by atoms with van der Waals surface area (Å²) in [5.74, 6) is 0.856. The molecule has 22 heavy (non-hydrogen) atoms. The van der Waals surface area contributed by atoms with Gasteiger partial charge in [-0.2, -0.15) is 0 Å². The van der Waals surface area contributed by atoms with Crippen LogP contribution in [0, 0.1) is 0 Å². The molecule has 0 aliphatic carbocycles. The molecule has 0 spiro atoms. The van der Waals surface area contributed by atoms with Crippen molar-refractivity contribution in [2.45, 2.75) is 52.3 Å². The van der Waals surface area contributed by atoms with Crippen LogP contribution in [-0.2, 0) is 20.8 Å². The summed E-state index contributed by atoms with van der Waals surface area (Å²) in [6.07, 6.45) is 3.15. The molecule has 1 aromatic carbocycles. The zero-order valence-corrected chi connectivity index (χ0v) is 13.9. The molecule has 1 aliphatic rings. The van der Waals surface area contributed by atoms with Crippen LogP contribution >= 0.6 is 0 Å². The van der Waals surface area contributed by atoms with E-state index < -0.39 is 0 Å². The molecule has 122 valence electrons. The minimum atomic E-state index is -0.261. The molecule has 0 bridgehead atoms. The van der Waals surface area contributed by atoms with Gasteiger partial charge in [-0.15, -0.1) is 0 Å². The molecule has 4 nitrogen and oxygen atoms in total. The normalized spacial score (nSPS) is 26.0. The molecule has 3 atom stereocenters. The van der Waals surface area contributed by atoms with Crippen LogP contribution in [0.5, 0.6) is 5.75 Å². The Morgan fingerprint density at radius 2 is 1.82 bits per heavy atom. The molecule has 1 aromatic rings. The molecule has 0 N–H and O–H groups in total. The van der Waals surface area contributed by atoms with Gasteiger partial charge in [-0.1, -0.05) is 12.1 Å². The molecule has 1 fully saturated rings. The third-order valence-corrected chi connectivity index (χ3v) is 3.57. The molecule has 1 aliphatic heterocycles. The maximum atomic E-state index is 5.75. The lowest BCUT2D eigenvalue weighted by Gasteiger charge is -2.31. The van der Waals surface area contributed by atoms with Gasteiger partial charge in [0, 0.05) is 0 Å². The first kappa shape index (κ1) is 17.0. The number of benzene rings is 1. The van der Waals surface area contributed by atoms with Crippen molar-refractivity contribution in [1.29, 1.82) is 0 Å². The first-order chi connectivity index (χ1) is 10.6. The predicted octanol–water partition coefficient (Wildman–Crippen LogP) is 3.70. The van der Waals surface area contributed by atoms with E-state index in [9.17, 15) is 0 Å². The van der Waals surface area contributed by atoms with Gasteiger partial charge < -0.3 is 18.9 Å². The van der Waals surface area contributed by atoms with Crippen LogP contribution in [0.1, 0.15) is 32.8 Å². The van der Waals surface area contributed by atoms with E-state index in [0.29, 0.717) is 13.2 Å². The Hall–Kier alpha value is -1.36. The van der Waals surface area contributed by atoms with E-state index in [1.807, 2.05) is 37.3 Å². The van der Waals surface area contributed by atoms with E-state index in [-0.39, 0.29) is 18.5 Å². The van der Waals surface area contributed by atoms with Crippen LogP contribution in [0.4, 0.5) is 0 Å². The Morgan fingerprint density at radius 1 is 1.18 bits per heavy atom. The maximum Gasteiger partial charge on any atom is 0.177 e. The monoisotopic (exact) mass is 306 g/mol. The topological polar surface area (TPSA) is 36.9 Å². The van der Waals surface area contributed by atoms with E-state index in [1.54, 1.807) is 7.11 Å². The van der Waals surface area contributed by atoms with Crippen molar-refractivity contribution in [2.75, 3.05) is 13.7 Å². The van der Waals surface area contributed by atoms with E-state index in [1.165, 1.54) is 0 Å². The average Bonchev–Trinajstić information content (AvgIpc) is 2.47. The zero-order chi connectivity index (χ0) is 15.9. The number of ether oxygens (including phenoxy) is 4. The molecule has 4 heteroatoms. The van der Waals surface area contributed by atoms with E-state index >= 15 is 0 Å². The maximum absolute atomic E-state index is 5.75. The summed E-state index contributed by atoms with van der Waals surface area (Å²) in [7, 11) is 1.66. The fourth-order valence-corrected chi connectivity index (χ4v) is 2.48. The van der Waals surface area contributed by atoms with Crippen LogP contribution in [-0.4, -0.2) is 32.2 Å². The molecular formula is C18H26O4.